The van der Waals surface area contributed by atoms with Crippen molar-refractivity contribution in [1.29, 1.82) is 0 Å². The second-order valence-electron chi connectivity index (χ2n) is 8.53. The summed E-state index contributed by atoms with van der Waals surface area (Å²) in [5.74, 6) is -2.41. The maximum atomic E-state index is 14.4. The minimum Gasteiger partial charge on any atom is -0.492 e. The molecule has 1 unspecified atom stereocenters. The molecule has 2 aromatic carbocycles. The Morgan fingerprint density at radius 1 is 1.34 bits per heavy atom. The van der Waals surface area contributed by atoms with Crippen molar-refractivity contribution in [2.75, 3.05) is 6.61 Å². The summed E-state index contributed by atoms with van der Waals surface area (Å²) in [5, 5.41) is 16.9. The summed E-state index contributed by atoms with van der Waals surface area (Å²) >= 11 is 9.67. The molecule has 4 rings (SSSR count). The van der Waals surface area contributed by atoms with Crippen LogP contribution < -0.4 is 15.2 Å². The second-order valence-corrected chi connectivity index (χ2v) is 11.5. The Balaban J connectivity index is 1.84. The van der Waals surface area contributed by atoms with E-state index < -0.39 is 39.2 Å². The second kappa shape index (κ2) is 9.32. The molecule has 1 aliphatic rings. The van der Waals surface area contributed by atoms with E-state index in [0.29, 0.717) is 10.0 Å². The van der Waals surface area contributed by atoms with Crippen LogP contribution in [0.4, 0.5) is 4.39 Å². The number of nitrogens with one attached hydrogen (secondary N) is 2. The average Bonchev–Trinajstić information content (AvgIpc) is 3.20. The molecular formula is C22H22BrClFN3O6S. The highest BCUT2D eigenvalue weighted by Gasteiger charge is 2.39. The van der Waals surface area contributed by atoms with Crippen LogP contribution in [0, 0.1) is 12.7 Å². The van der Waals surface area contributed by atoms with Gasteiger partial charge in [-0.05, 0) is 49.2 Å². The van der Waals surface area contributed by atoms with Crippen molar-refractivity contribution in [1.82, 2.24) is 14.9 Å². The standard InChI is InChI=1S/C22H22BrClFN3O6S/c1-10-14(25)6-4-12(23)16(10)11(2)18(20-26-27-21(29)34-20)28-35(31,32)15-7-5-13(24)17-19(15)33-9-8-22(17,3)30/h4-7,11,18,28,30H,8-9H2,1-3H3,(H,27,29)/t11-,18+,22?/m1/s1. The van der Waals surface area contributed by atoms with Crippen LogP contribution in [0.2, 0.25) is 5.02 Å². The molecule has 0 radical (unpaired) electrons. The van der Waals surface area contributed by atoms with Gasteiger partial charge in [0.25, 0.3) is 0 Å². The van der Waals surface area contributed by atoms with Gasteiger partial charge in [0.1, 0.15) is 22.5 Å². The predicted molar refractivity (Wildman–Crippen MR) is 129 cm³/mol. The first-order valence-corrected chi connectivity index (χ1v) is 13.2. The van der Waals surface area contributed by atoms with E-state index in [4.69, 9.17) is 20.8 Å². The van der Waals surface area contributed by atoms with E-state index in [9.17, 15) is 22.7 Å². The first-order valence-electron chi connectivity index (χ1n) is 10.5. The number of hydrogen-bond donors (Lipinski definition) is 3. The third kappa shape index (κ3) is 4.77. The summed E-state index contributed by atoms with van der Waals surface area (Å²) in [7, 11) is -4.37. The van der Waals surface area contributed by atoms with Gasteiger partial charge in [0.15, 0.2) is 0 Å². The SMILES string of the molecule is Cc1c(F)ccc(Br)c1[C@@H](C)[C@H](NS(=O)(=O)c1ccc(Cl)c2c1OCCC2(C)O)c1n[nH]c(=O)o1. The van der Waals surface area contributed by atoms with Crippen LogP contribution in [-0.2, 0) is 15.6 Å². The summed E-state index contributed by atoms with van der Waals surface area (Å²) < 4.78 is 55.4. The van der Waals surface area contributed by atoms with Crippen LogP contribution in [0.25, 0.3) is 0 Å². The van der Waals surface area contributed by atoms with E-state index in [1.165, 1.54) is 31.2 Å². The van der Waals surface area contributed by atoms with Gasteiger partial charge in [0.2, 0.25) is 15.9 Å². The molecule has 3 aromatic rings. The smallest absolute Gasteiger partial charge is 0.434 e. The number of hydrogen-bond acceptors (Lipinski definition) is 7. The Hall–Kier alpha value is -2.25. The first kappa shape index (κ1) is 25.8. The Bertz CT molecular complexity index is 1460. The average molecular weight is 591 g/mol. The molecule has 0 spiro atoms. The predicted octanol–water partition coefficient (Wildman–Crippen LogP) is 4.04. The Morgan fingerprint density at radius 3 is 2.71 bits per heavy atom. The number of halogens is 3. The summed E-state index contributed by atoms with van der Waals surface area (Å²) in [4.78, 5) is 11.4. The molecule has 3 N–H and O–H groups in total. The number of benzene rings is 2. The van der Waals surface area contributed by atoms with Crippen molar-refractivity contribution in [2.45, 2.75) is 49.6 Å². The van der Waals surface area contributed by atoms with Crippen LogP contribution in [0.1, 0.15) is 54.8 Å². The molecule has 0 aliphatic carbocycles. The first-order chi connectivity index (χ1) is 16.3. The summed E-state index contributed by atoms with van der Waals surface area (Å²) in [6, 6.07) is 4.19. The van der Waals surface area contributed by atoms with Gasteiger partial charge >= 0.3 is 5.76 Å². The van der Waals surface area contributed by atoms with Crippen molar-refractivity contribution in [3.05, 3.63) is 72.7 Å². The number of sulfonamides is 1. The molecule has 2 heterocycles. The van der Waals surface area contributed by atoms with Crippen molar-refractivity contribution in [3.8, 4) is 5.75 Å². The fourth-order valence-electron chi connectivity index (χ4n) is 4.24. The van der Waals surface area contributed by atoms with E-state index in [0.717, 1.165) is 0 Å². The van der Waals surface area contributed by atoms with Crippen LogP contribution in [0.3, 0.4) is 0 Å². The molecule has 0 saturated carbocycles. The Morgan fingerprint density at radius 2 is 2.06 bits per heavy atom. The van der Waals surface area contributed by atoms with Gasteiger partial charge in [0.05, 0.1) is 17.2 Å². The Kier molecular flexibility index (Phi) is 6.88. The molecule has 3 atom stereocenters. The van der Waals surface area contributed by atoms with E-state index >= 15 is 0 Å². The number of rotatable bonds is 6. The van der Waals surface area contributed by atoms with Crippen LogP contribution in [0.5, 0.6) is 5.75 Å². The lowest BCUT2D eigenvalue weighted by atomic mass is 9.90. The van der Waals surface area contributed by atoms with E-state index in [2.05, 4.69) is 30.8 Å². The van der Waals surface area contributed by atoms with Gasteiger partial charge in [-0.15, -0.1) is 5.10 Å². The number of fused-ring (bicyclic) bond motifs is 1. The molecule has 1 aromatic heterocycles. The largest absolute Gasteiger partial charge is 0.492 e. The lowest BCUT2D eigenvalue weighted by Crippen LogP contribution is -2.35. The number of aromatic amines is 1. The highest BCUT2D eigenvalue weighted by atomic mass is 79.9. The molecule has 0 amide bonds. The van der Waals surface area contributed by atoms with Gasteiger partial charge < -0.3 is 14.3 Å². The summed E-state index contributed by atoms with van der Waals surface area (Å²) in [6.07, 6.45) is 0.224. The maximum Gasteiger partial charge on any atom is 0.434 e. The molecule has 188 valence electrons. The fourth-order valence-corrected chi connectivity index (χ4v) is 6.80. The molecule has 13 heteroatoms. The zero-order valence-corrected chi connectivity index (χ0v) is 22.0. The van der Waals surface area contributed by atoms with Crippen LogP contribution in [0.15, 0.2) is 42.8 Å². The molecule has 0 fully saturated rings. The fraction of sp³-hybridized carbons (Fsp3) is 0.364. The number of aliphatic hydroxyl groups is 1. The summed E-state index contributed by atoms with van der Waals surface area (Å²) in [5.41, 5.74) is -0.493. The lowest BCUT2D eigenvalue weighted by Gasteiger charge is -2.33. The monoisotopic (exact) mass is 589 g/mol. The minimum atomic E-state index is -4.37. The highest BCUT2D eigenvalue weighted by molar-refractivity contribution is 9.10. The zero-order valence-electron chi connectivity index (χ0n) is 18.9. The summed E-state index contributed by atoms with van der Waals surface area (Å²) in [6.45, 7) is 4.81. The Labute approximate surface area is 213 Å². The van der Waals surface area contributed by atoms with Gasteiger partial charge in [-0.25, -0.2) is 22.7 Å². The number of aromatic nitrogens is 2. The van der Waals surface area contributed by atoms with Crippen molar-refractivity contribution in [2.24, 2.45) is 0 Å². The van der Waals surface area contributed by atoms with Crippen molar-refractivity contribution >= 4 is 37.6 Å². The quantitative estimate of drug-likeness (QED) is 0.394. The minimum absolute atomic E-state index is 0.0701. The van der Waals surface area contributed by atoms with E-state index in [-0.39, 0.29) is 45.7 Å². The molecule has 0 saturated heterocycles. The van der Waals surface area contributed by atoms with Crippen molar-refractivity contribution in [3.63, 3.8) is 0 Å². The van der Waals surface area contributed by atoms with Gasteiger partial charge in [-0.3, -0.25) is 0 Å². The zero-order chi connectivity index (χ0) is 25.7. The number of ether oxygens (including phenoxy) is 1. The third-order valence-corrected chi connectivity index (χ3v) is 8.56. The normalized spacial score (nSPS) is 19.6. The molecule has 1 aliphatic heterocycles. The van der Waals surface area contributed by atoms with Gasteiger partial charge in [0, 0.05) is 22.4 Å². The van der Waals surface area contributed by atoms with E-state index in [1.807, 2.05) is 0 Å². The third-order valence-electron chi connectivity index (χ3n) is 6.09. The number of H-pyrrole nitrogens is 1. The van der Waals surface area contributed by atoms with Crippen LogP contribution in [-0.4, -0.2) is 30.3 Å². The van der Waals surface area contributed by atoms with Crippen molar-refractivity contribution < 1.29 is 27.1 Å². The van der Waals surface area contributed by atoms with Gasteiger partial charge in [-0.1, -0.05) is 34.5 Å². The maximum absolute atomic E-state index is 14.4. The topological polar surface area (TPSA) is 135 Å². The van der Waals surface area contributed by atoms with Gasteiger partial charge in [-0.2, -0.15) is 4.72 Å². The van der Waals surface area contributed by atoms with Crippen LogP contribution >= 0.6 is 27.5 Å². The molecule has 0 bridgehead atoms. The molecule has 9 nitrogen and oxygen atoms in total. The lowest BCUT2D eigenvalue weighted by molar-refractivity contribution is 0.0135. The van der Waals surface area contributed by atoms with E-state index in [1.54, 1.807) is 13.8 Å². The molecule has 35 heavy (non-hydrogen) atoms. The highest BCUT2D eigenvalue weighted by Crippen LogP contribution is 2.45. The molecular weight excluding hydrogens is 569 g/mol. The number of nitrogens with zero attached hydrogens (tertiary/aromatic N) is 1.